The van der Waals surface area contributed by atoms with Crippen molar-refractivity contribution in [2.45, 2.75) is 51.4 Å². The number of carbonyl (C=O) groups is 1. The summed E-state index contributed by atoms with van der Waals surface area (Å²) < 4.78 is 7.45. The summed E-state index contributed by atoms with van der Waals surface area (Å²) >= 11 is 1.44. The average molecular weight is 341 g/mol. The molecule has 1 saturated heterocycles. The predicted octanol–water partition coefficient (Wildman–Crippen LogP) is 1.53. The molecule has 0 unspecified atom stereocenters. The number of ether oxygens (including phenoxy) is 1. The average Bonchev–Trinajstić information content (AvgIpc) is 2.96. The monoisotopic (exact) mass is 341 g/mol. The lowest BCUT2D eigenvalue weighted by Gasteiger charge is -2.27. The molecular weight excluding hydrogens is 314 g/mol. The summed E-state index contributed by atoms with van der Waals surface area (Å²) in [5, 5.41) is 12.4. The van der Waals surface area contributed by atoms with Crippen molar-refractivity contribution in [3.63, 3.8) is 0 Å². The summed E-state index contributed by atoms with van der Waals surface area (Å²) in [6.45, 7) is 10.1. The lowest BCUT2D eigenvalue weighted by atomic mass is 10.2. The molecule has 0 spiro atoms. The van der Waals surface area contributed by atoms with E-state index in [4.69, 9.17) is 4.74 Å². The van der Waals surface area contributed by atoms with Gasteiger partial charge in [-0.3, -0.25) is 9.36 Å². The molecule has 7 nitrogen and oxygen atoms in total. The van der Waals surface area contributed by atoms with E-state index in [1.165, 1.54) is 11.8 Å². The molecule has 1 aliphatic heterocycles. The Morgan fingerprint density at radius 2 is 2.09 bits per heavy atom. The largest absolute Gasteiger partial charge is 0.378 e. The first-order valence-electron chi connectivity index (χ1n) is 8.33. The van der Waals surface area contributed by atoms with E-state index in [1.807, 2.05) is 6.92 Å². The zero-order chi connectivity index (χ0) is 16.7. The highest BCUT2D eigenvalue weighted by atomic mass is 32.2. The van der Waals surface area contributed by atoms with Crippen molar-refractivity contribution in [2.75, 3.05) is 37.0 Å². The molecule has 1 N–H and O–H groups in total. The molecule has 1 fully saturated rings. The van der Waals surface area contributed by atoms with Crippen LogP contribution in [0, 0.1) is 0 Å². The molecule has 0 bridgehead atoms. The minimum absolute atomic E-state index is 0.0505. The zero-order valence-electron chi connectivity index (χ0n) is 14.2. The number of nitrogens with one attached hydrogen (secondary N) is 1. The van der Waals surface area contributed by atoms with E-state index in [9.17, 15) is 4.79 Å². The van der Waals surface area contributed by atoms with Crippen molar-refractivity contribution in [3.8, 4) is 0 Å². The molecule has 8 heteroatoms. The number of nitrogens with zero attached hydrogens (tertiary/aromatic N) is 4. The van der Waals surface area contributed by atoms with Gasteiger partial charge in [-0.1, -0.05) is 25.1 Å². The molecule has 0 aromatic carbocycles. The van der Waals surface area contributed by atoms with Gasteiger partial charge in [0.2, 0.25) is 11.9 Å². The first kappa shape index (κ1) is 18.1. The Balaban J connectivity index is 1.92. The number of anilines is 1. The van der Waals surface area contributed by atoms with Gasteiger partial charge >= 0.3 is 0 Å². The Labute approximate surface area is 142 Å². The van der Waals surface area contributed by atoms with E-state index >= 15 is 0 Å². The summed E-state index contributed by atoms with van der Waals surface area (Å²) in [4.78, 5) is 14.2. The Morgan fingerprint density at radius 3 is 2.74 bits per heavy atom. The topological polar surface area (TPSA) is 72.3 Å². The van der Waals surface area contributed by atoms with Crippen molar-refractivity contribution in [1.29, 1.82) is 0 Å². The Kier molecular flexibility index (Phi) is 7.16. The number of amides is 1. The molecule has 1 aromatic heterocycles. The van der Waals surface area contributed by atoms with Crippen LogP contribution < -0.4 is 10.2 Å². The number of hydrogen-bond donors (Lipinski definition) is 1. The van der Waals surface area contributed by atoms with Crippen molar-refractivity contribution in [3.05, 3.63) is 0 Å². The van der Waals surface area contributed by atoms with Crippen LogP contribution in [-0.4, -0.2) is 58.8 Å². The molecule has 23 heavy (non-hydrogen) atoms. The number of hydrogen-bond acceptors (Lipinski definition) is 6. The molecular formula is C15H27N5O2S. The van der Waals surface area contributed by atoms with Gasteiger partial charge in [-0.25, -0.2) is 0 Å². The van der Waals surface area contributed by atoms with Gasteiger partial charge in [0.15, 0.2) is 5.16 Å². The number of rotatable bonds is 8. The maximum Gasteiger partial charge on any atom is 0.230 e. The lowest BCUT2D eigenvalue weighted by molar-refractivity contribution is -0.119. The summed E-state index contributed by atoms with van der Waals surface area (Å²) in [5.74, 6) is 1.29. The van der Waals surface area contributed by atoms with E-state index in [0.29, 0.717) is 5.75 Å². The third-order valence-corrected chi connectivity index (χ3v) is 4.74. The van der Waals surface area contributed by atoms with Crippen LogP contribution in [0.5, 0.6) is 0 Å². The fourth-order valence-electron chi connectivity index (χ4n) is 2.61. The molecule has 130 valence electrons. The summed E-state index contributed by atoms with van der Waals surface area (Å²) in [6.07, 6.45) is 2.07. The molecule has 1 amide bonds. The Hall–Kier alpha value is -1.28. The van der Waals surface area contributed by atoms with Crippen molar-refractivity contribution in [1.82, 2.24) is 20.1 Å². The van der Waals surface area contributed by atoms with Crippen LogP contribution in [0.2, 0.25) is 0 Å². The minimum atomic E-state index is 0.0505. The van der Waals surface area contributed by atoms with Gasteiger partial charge in [0.1, 0.15) is 0 Å². The van der Waals surface area contributed by atoms with Gasteiger partial charge in [-0.2, -0.15) is 0 Å². The third-order valence-electron chi connectivity index (χ3n) is 3.77. The van der Waals surface area contributed by atoms with Crippen LogP contribution in [0.25, 0.3) is 0 Å². The minimum Gasteiger partial charge on any atom is -0.378 e. The summed E-state index contributed by atoms with van der Waals surface area (Å²) in [5.41, 5.74) is 0. The quantitative estimate of drug-likeness (QED) is 0.723. The van der Waals surface area contributed by atoms with Crippen LogP contribution in [0.3, 0.4) is 0 Å². The Bertz CT molecular complexity index is 502. The van der Waals surface area contributed by atoms with Crippen molar-refractivity contribution < 1.29 is 9.53 Å². The van der Waals surface area contributed by atoms with Crippen LogP contribution in [0.4, 0.5) is 5.95 Å². The van der Waals surface area contributed by atoms with E-state index in [-0.39, 0.29) is 11.9 Å². The zero-order valence-corrected chi connectivity index (χ0v) is 15.1. The fourth-order valence-corrected chi connectivity index (χ4v) is 3.42. The molecule has 0 aliphatic carbocycles. The highest BCUT2D eigenvalue weighted by Crippen LogP contribution is 2.22. The maximum atomic E-state index is 12.0. The fraction of sp³-hybridized carbons (Fsp3) is 0.800. The third kappa shape index (κ3) is 5.10. The second-order valence-corrected chi connectivity index (χ2v) is 6.61. The first-order valence-corrected chi connectivity index (χ1v) is 9.32. The van der Waals surface area contributed by atoms with Crippen LogP contribution >= 0.6 is 11.8 Å². The highest BCUT2D eigenvalue weighted by molar-refractivity contribution is 7.99. The molecule has 1 aliphatic rings. The molecule has 2 rings (SSSR count). The highest BCUT2D eigenvalue weighted by Gasteiger charge is 2.20. The standard InChI is InChI=1S/C15H27N5O2S/c1-4-6-12(3)16-13(21)11-23-15-18-17-14(20(15)5-2)19-7-9-22-10-8-19/h12H,4-11H2,1-3H3,(H,16,21)/t12-/m0/s1. The second-order valence-electron chi connectivity index (χ2n) is 5.67. The van der Waals surface area contributed by atoms with E-state index in [2.05, 4.69) is 38.8 Å². The predicted molar refractivity (Wildman–Crippen MR) is 92.0 cm³/mol. The Morgan fingerprint density at radius 1 is 1.35 bits per heavy atom. The summed E-state index contributed by atoms with van der Waals surface area (Å²) in [6, 6.07) is 0.223. The molecule has 1 aromatic rings. The molecule has 0 radical (unpaired) electrons. The SMILES string of the molecule is CCC[C@H](C)NC(=O)CSc1nnc(N2CCOCC2)n1CC. The first-order chi connectivity index (χ1) is 11.2. The van der Waals surface area contributed by atoms with Crippen LogP contribution in [0.1, 0.15) is 33.6 Å². The number of thioether (sulfide) groups is 1. The van der Waals surface area contributed by atoms with Gasteiger partial charge in [-0.15, -0.1) is 10.2 Å². The normalized spacial score (nSPS) is 16.4. The number of morpholine rings is 1. The summed E-state index contributed by atoms with van der Waals surface area (Å²) in [7, 11) is 0. The van der Waals surface area contributed by atoms with Crippen LogP contribution in [-0.2, 0) is 16.1 Å². The molecule has 1 atom stereocenters. The van der Waals surface area contributed by atoms with E-state index in [1.54, 1.807) is 0 Å². The van der Waals surface area contributed by atoms with Crippen LogP contribution in [0.15, 0.2) is 5.16 Å². The van der Waals surface area contributed by atoms with Gasteiger partial charge in [-0.05, 0) is 20.3 Å². The number of carbonyl (C=O) groups excluding carboxylic acids is 1. The van der Waals surface area contributed by atoms with Gasteiger partial charge in [0.25, 0.3) is 0 Å². The van der Waals surface area contributed by atoms with Gasteiger partial charge < -0.3 is 15.0 Å². The van der Waals surface area contributed by atoms with Gasteiger partial charge in [0, 0.05) is 25.7 Å². The number of aromatic nitrogens is 3. The van der Waals surface area contributed by atoms with Crippen molar-refractivity contribution >= 4 is 23.6 Å². The molecule has 2 heterocycles. The maximum absolute atomic E-state index is 12.0. The lowest BCUT2D eigenvalue weighted by Crippen LogP contribution is -2.38. The second kappa shape index (κ2) is 9.12. The van der Waals surface area contributed by atoms with Gasteiger partial charge in [0.05, 0.1) is 19.0 Å². The van der Waals surface area contributed by atoms with E-state index < -0.39 is 0 Å². The smallest absolute Gasteiger partial charge is 0.230 e. The molecule has 0 saturated carbocycles. The van der Waals surface area contributed by atoms with Crippen molar-refractivity contribution in [2.24, 2.45) is 0 Å². The van der Waals surface area contributed by atoms with E-state index in [0.717, 1.165) is 56.8 Å².